The van der Waals surface area contributed by atoms with Crippen LogP contribution in [0.5, 0.6) is 0 Å². The molecule has 1 saturated heterocycles. The molecular formula is C19H24IN7S. The highest BCUT2D eigenvalue weighted by Crippen LogP contribution is 2.18. The Labute approximate surface area is 185 Å². The Morgan fingerprint density at radius 3 is 2.75 bits per heavy atom. The average Bonchev–Trinajstić information content (AvgIpc) is 3.26. The second-order valence-electron chi connectivity index (χ2n) is 6.34. The second-order valence-corrected chi connectivity index (χ2v) is 7.22. The van der Waals surface area contributed by atoms with Gasteiger partial charge in [-0.05, 0) is 18.2 Å². The molecule has 0 unspecified atom stereocenters. The third-order valence-electron chi connectivity index (χ3n) is 4.58. The lowest BCUT2D eigenvalue weighted by atomic mass is 10.2. The van der Waals surface area contributed by atoms with Gasteiger partial charge in [-0.15, -0.1) is 35.3 Å². The van der Waals surface area contributed by atoms with Gasteiger partial charge in [0.25, 0.3) is 0 Å². The largest absolute Gasteiger partial charge is 0.370 e. The number of aliphatic imine (C=N–C) groups is 1. The molecule has 3 N–H and O–H groups in total. The molecular weight excluding hydrogens is 485 g/mol. The van der Waals surface area contributed by atoms with Crippen LogP contribution in [0.1, 0.15) is 0 Å². The van der Waals surface area contributed by atoms with E-state index in [4.69, 9.17) is 5.73 Å². The first kappa shape index (κ1) is 20.6. The highest BCUT2D eigenvalue weighted by Gasteiger charge is 2.19. The number of halogens is 1. The Morgan fingerprint density at radius 2 is 1.96 bits per heavy atom. The van der Waals surface area contributed by atoms with Crippen LogP contribution in [0.25, 0.3) is 10.9 Å². The minimum Gasteiger partial charge on any atom is -0.370 e. The van der Waals surface area contributed by atoms with Crippen LogP contribution in [-0.4, -0.2) is 60.1 Å². The Hall–Kier alpha value is -2.14. The van der Waals surface area contributed by atoms with Crippen molar-refractivity contribution in [3.8, 4) is 0 Å². The van der Waals surface area contributed by atoms with Gasteiger partial charge in [0.05, 0.1) is 12.1 Å². The molecule has 28 heavy (non-hydrogen) atoms. The van der Waals surface area contributed by atoms with Gasteiger partial charge in [-0.2, -0.15) is 0 Å². The zero-order valence-electron chi connectivity index (χ0n) is 15.5. The van der Waals surface area contributed by atoms with Crippen LogP contribution in [0.15, 0.2) is 53.0 Å². The van der Waals surface area contributed by atoms with Crippen LogP contribution in [-0.2, 0) is 0 Å². The molecule has 4 rings (SSSR count). The number of nitrogens with two attached hydrogens (primary N) is 1. The van der Waals surface area contributed by atoms with E-state index >= 15 is 0 Å². The number of anilines is 2. The van der Waals surface area contributed by atoms with Crippen molar-refractivity contribution < 1.29 is 0 Å². The molecule has 9 heteroatoms. The van der Waals surface area contributed by atoms with Crippen LogP contribution < -0.4 is 16.0 Å². The fraction of sp³-hybridized carbons (Fsp3) is 0.316. The van der Waals surface area contributed by atoms with E-state index in [9.17, 15) is 0 Å². The quantitative estimate of drug-likeness (QED) is 0.238. The molecule has 0 bridgehead atoms. The van der Waals surface area contributed by atoms with Crippen molar-refractivity contribution >= 4 is 63.1 Å². The molecule has 1 fully saturated rings. The maximum absolute atomic E-state index is 6.17. The molecule has 0 atom stereocenters. The van der Waals surface area contributed by atoms with E-state index in [1.807, 2.05) is 35.8 Å². The zero-order chi connectivity index (χ0) is 18.5. The van der Waals surface area contributed by atoms with Crippen molar-refractivity contribution in [2.24, 2.45) is 10.7 Å². The summed E-state index contributed by atoms with van der Waals surface area (Å²) < 4.78 is 0. The van der Waals surface area contributed by atoms with E-state index in [0.717, 1.165) is 48.0 Å². The van der Waals surface area contributed by atoms with Gasteiger partial charge in [-0.1, -0.05) is 18.2 Å². The van der Waals surface area contributed by atoms with E-state index in [1.165, 1.54) is 0 Å². The third-order valence-corrected chi connectivity index (χ3v) is 5.42. The number of hydrogen-bond acceptors (Lipinski definition) is 6. The van der Waals surface area contributed by atoms with Gasteiger partial charge in [-0.25, -0.2) is 9.97 Å². The van der Waals surface area contributed by atoms with Crippen molar-refractivity contribution in [2.75, 3.05) is 49.5 Å². The number of para-hydroxylation sites is 1. The van der Waals surface area contributed by atoms with Gasteiger partial charge in [0.2, 0.25) is 0 Å². The first-order chi connectivity index (χ1) is 13.3. The predicted molar refractivity (Wildman–Crippen MR) is 128 cm³/mol. The first-order valence-electron chi connectivity index (χ1n) is 9.08. The smallest absolute Gasteiger partial charge is 0.191 e. The van der Waals surface area contributed by atoms with Crippen LogP contribution >= 0.6 is 35.3 Å². The molecule has 3 heterocycles. The predicted octanol–water partition coefficient (Wildman–Crippen LogP) is 2.86. The fourth-order valence-electron chi connectivity index (χ4n) is 3.12. The fourth-order valence-corrected chi connectivity index (χ4v) is 3.81. The van der Waals surface area contributed by atoms with E-state index in [0.29, 0.717) is 19.0 Å². The van der Waals surface area contributed by atoms with Gasteiger partial charge in [0, 0.05) is 49.7 Å². The van der Waals surface area contributed by atoms with Crippen molar-refractivity contribution in [1.29, 1.82) is 0 Å². The molecule has 7 nitrogen and oxygen atoms in total. The van der Waals surface area contributed by atoms with Crippen LogP contribution in [0.2, 0.25) is 0 Å². The summed E-state index contributed by atoms with van der Waals surface area (Å²) in [5, 5.41) is 7.54. The Bertz CT molecular complexity index is 908. The summed E-state index contributed by atoms with van der Waals surface area (Å²) in [5.74, 6) is 1.47. The minimum atomic E-state index is 0. The summed E-state index contributed by atoms with van der Waals surface area (Å²) in [5.41, 5.74) is 7.16. The molecule has 1 aromatic carbocycles. The standard InChI is InChI=1S/C19H23N7S.HI/c20-18(25-10-12-26(13-11-25)19-23-9-14-27-19)22-8-7-21-17-6-5-15-3-1-2-4-16(15)24-17;/h1-6,9,14H,7-8,10-13H2,(H2,20,22)(H,21,24);1H. The number of fused-ring (bicyclic) bond motifs is 1. The summed E-state index contributed by atoms with van der Waals surface area (Å²) in [4.78, 5) is 17.9. The Morgan fingerprint density at radius 1 is 1.14 bits per heavy atom. The summed E-state index contributed by atoms with van der Waals surface area (Å²) in [6.07, 6.45) is 1.85. The van der Waals surface area contributed by atoms with Crippen molar-refractivity contribution in [3.63, 3.8) is 0 Å². The number of piperazine rings is 1. The van der Waals surface area contributed by atoms with Crippen molar-refractivity contribution in [1.82, 2.24) is 14.9 Å². The van der Waals surface area contributed by atoms with Crippen LogP contribution in [0, 0.1) is 0 Å². The van der Waals surface area contributed by atoms with E-state index < -0.39 is 0 Å². The monoisotopic (exact) mass is 509 g/mol. The topological polar surface area (TPSA) is 82.7 Å². The SMILES string of the molecule is I.NC(=NCCNc1ccc2ccccc2n1)N1CCN(c2nccs2)CC1. The summed E-state index contributed by atoms with van der Waals surface area (Å²) in [6.45, 7) is 4.90. The molecule has 2 aromatic heterocycles. The molecule has 148 valence electrons. The van der Waals surface area contributed by atoms with Gasteiger partial charge in [0.1, 0.15) is 5.82 Å². The molecule has 3 aromatic rings. The number of nitrogens with one attached hydrogen (secondary N) is 1. The molecule has 1 aliphatic rings. The van der Waals surface area contributed by atoms with Gasteiger partial charge >= 0.3 is 0 Å². The van der Waals surface area contributed by atoms with Gasteiger partial charge in [0.15, 0.2) is 11.1 Å². The normalized spacial score (nSPS) is 14.8. The number of thiazole rings is 1. The lowest BCUT2D eigenvalue weighted by Crippen LogP contribution is -2.51. The molecule has 1 aliphatic heterocycles. The Balaban J connectivity index is 0.00000225. The first-order valence-corrected chi connectivity index (χ1v) is 9.96. The zero-order valence-corrected chi connectivity index (χ0v) is 18.6. The number of benzene rings is 1. The lowest BCUT2D eigenvalue weighted by molar-refractivity contribution is 0.381. The van der Waals surface area contributed by atoms with E-state index in [1.54, 1.807) is 11.3 Å². The molecule has 0 spiro atoms. The van der Waals surface area contributed by atoms with Crippen molar-refractivity contribution in [2.45, 2.75) is 0 Å². The van der Waals surface area contributed by atoms with Gasteiger partial charge in [-0.3, -0.25) is 4.99 Å². The number of hydrogen-bond donors (Lipinski definition) is 2. The van der Waals surface area contributed by atoms with Crippen molar-refractivity contribution in [3.05, 3.63) is 48.0 Å². The summed E-state index contributed by atoms with van der Waals surface area (Å²) in [7, 11) is 0. The number of aromatic nitrogens is 2. The highest BCUT2D eigenvalue weighted by atomic mass is 127. The van der Waals surface area contributed by atoms with Crippen LogP contribution in [0.3, 0.4) is 0 Å². The molecule has 0 amide bonds. The summed E-state index contributed by atoms with van der Waals surface area (Å²) >= 11 is 1.68. The van der Waals surface area contributed by atoms with Crippen LogP contribution in [0.4, 0.5) is 10.9 Å². The third kappa shape index (κ3) is 5.02. The second kappa shape index (κ2) is 9.87. The lowest BCUT2D eigenvalue weighted by Gasteiger charge is -2.35. The molecule has 0 radical (unpaired) electrons. The van der Waals surface area contributed by atoms with E-state index in [2.05, 4.69) is 42.2 Å². The average molecular weight is 509 g/mol. The maximum Gasteiger partial charge on any atom is 0.191 e. The number of pyridine rings is 1. The van der Waals surface area contributed by atoms with E-state index in [-0.39, 0.29) is 24.0 Å². The highest BCUT2D eigenvalue weighted by molar-refractivity contribution is 14.0. The Kier molecular flexibility index (Phi) is 7.26. The number of nitrogens with zero attached hydrogens (tertiary/aromatic N) is 5. The molecule has 0 saturated carbocycles. The maximum atomic E-state index is 6.17. The molecule has 0 aliphatic carbocycles. The number of rotatable bonds is 5. The number of guanidine groups is 1. The summed E-state index contributed by atoms with van der Waals surface area (Å²) in [6, 6.07) is 12.2. The minimum absolute atomic E-state index is 0. The van der Waals surface area contributed by atoms with Gasteiger partial charge < -0.3 is 20.9 Å².